The molecule has 2 bridgehead atoms. The molecular formula is C22H31N3O3. The quantitative estimate of drug-likeness (QED) is 0.799. The van der Waals surface area contributed by atoms with Crippen LogP contribution in [0.5, 0.6) is 0 Å². The van der Waals surface area contributed by atoms with E-state index in [1.165, 1.54) is 38.4 Å². The molecule has 6 heteroatoms. The van der Waals surface area contributed by atoms with Crippen LogP contribution in [0, 0.1) is 17.8 Å². The van der Waals surface area contributed by atoms with Crippen LogP contribution in [0.4, 0.5) is 0 Å². The number of rotatable bonds is 3. The second kappa shape index (κ2) is 7.53. The van der Waals surface area contributed by atoms with E-state index < -0.39 is 0 Å². The van der Waals surface area contributed by atoms with Crippen LogP contribution in [0.3, 0.4) is 0 Å². The molecule has 4 aliphatic rings. The molecule has 0 spiro atoms. The molecule has 0 N–H and O–H groups in total. The van der Waals surface area contributed by atoms with Gasteiger partial charge in [-0.3, -0.25) is 9.59 Å². The summed E-state index contributed by atoms with van der Waals surface area (Å²) in [6.45, 7) is 1.49. The zero-order valence-corrected chi connectivity index (χ0v) is 16.6. The first-order valence-corrected chi connectivity index (χ1v) is 11.2. The predicted molar refractivity (Wildman–Crippen MR) is 103 cm³/mol. The van der Waals surface area contributed by atoms with Crippen LogP contribution >= 0.6 is 0 Å². The number of hydrogen-bond donors (Lipinski definition) is 0. The number of carbonyl (C=O) groups excluding carboxylic acids is 2. The second-order valence-corrected chi connectivity index (χ2v) is 9.42. The van der Waals surface area contributed by atoms with Gasteiger partial charge in [0.05, 0.1) is 0 Å². The van der Waals surface area contributed by atoms with E-state index in [9.17, 15) is 9.59 Å². The predicted octanol–water partition coefficient (Wildman–Crippen LogP) is 3.49. The molecule has 152 valence electrons. The zero-order valence-electron chi connectivity index (χ0n) is 16.6. The lowest BCUT2D eigenvalue weighted by molar-refractivity contribution is -0.153. The molecule has 1 aromatic rings. The van der Waals surface area contributed by atoms with Gasteiger partial charge in [-0.15, -0.1) is 0 Å². The lowest BCUT2D eigenvalue weighted by Gasteiger charge is -2.57. The summed E-state index contributed by atoms with van der Waals surface area (Å²) in [6, 6.07) is 2.28. The maximum atomic E-state index is 12.9. The third-order valence-corrected chi connectivity index (χ3v) is 7.74. The maximum Gasteiger partial charge on any atom is 0.276 e. The highest BCUT2D eigenvalue weighted by molar-refractivity contribution is 5.92. The lowest BCUT2D eigenvalue weighted by Crippen LogP contribution is -2.65. The van der Waals surface area contributed by atoms with Gasteiger partial charge < -0.3 is 14.3 Å². The third kappa shape index (κ3) is 3.25. The average Bonchev–Trinajstić information content (AvgIpc) is 3.26. The van der Waals surface area contributed by atoms with Crippen LogP contribution in [0.2, 0.25) is 0 Å². The topological polar surface area (TPSA) is 66.7 Å². The van der Waals surface area contributed by atoms with Crippen LogP contribution in [-0.2, 0) is 4.79 Å². The van der Waals surface area contributed by atoms with Crippen molar-refractivity contribution in [2.75, 3.05) is 13.1 Å². The largest absolute Gasteiger partial charge is 0.364 e. The van der Waals surface area contributed by atoms with Gasteiger partial charge in [0.15, 0.2) is 5.69 Å². The molecule has 0 aromatic carbocycles. The number of amides is 2. The molecule has 1 saturated carbocycles. The Morgan fingerprint density at radius 3 is 2.71 bits per heavy atom. The van der Waals surface area contributed by atoms with Gasteiger partial charge >= 0.3 is 0 Å². The summed E-state index contributed by atoms with van der Waals surface area (Å²) in [5, 5.41) is 3.86. The smallest absolute Gasteiger partial charge is 0.276 e. The van der Waals surface area contributed by atoms with E-state index in [0.29, 0.717) is 41.9 Å². The van der Waals surface area contributed by atoms with E-state index in [1.807, 2.05) is 4.90 Å². The fourth-order valence-electron chi connectivity index (χ4n) is 6.49. The van der Waals surface area contributed by atoms with Crippen LogP contribution in [0.15, 0.2) is 16.9 Å². The number of likely N-dealkylation sites (tertiary alicyclic amines) is 1. The van der Waals surface area contributed by atoms with Crippen LogP contribution in [-0.4, -0.2) is 51.9 Å². The molecule has 3 saturated heterocycles. The maximum absolute atomic E-state index is 12.9. The van der Waals surface area contributed by atoms with Gasteiger partial charge in [-0.05, 0) is 43.4 Å². The molecule has 1 aliphatic carbocycles. The van der Waals surface area contributed by atoms with Crippen molar-refractivity contribution in [3.63, 3.8) is 0 Å². The van der Waals surface area contributed by atoms with Gasteiger partial charge in [-0.25, -0.2) is 0 Å². The summed E-state index contributed by atoms with van der Waals surface area (Å²) in [5.41, 5.74) is 0.403. The van der Waals surface area contributed by atoms with Gasteiger partial charge in [0.2, 0.25) is 5.91 Å². The standard InChI is InChI=1S/C22H31N3O3/c26-21-8-4-7-19-16-12-17(14-24(13-16)22(27)18-9-10-28-23-18)20(25(19)21)11-15-5-2-1-3-6-15/h9-10,15-17,19-20H,1-8,11-14H2/t16-,17+,19+,20+/m1/s1. The van der Waals surface area contributed by atoms with E-state index >= 15 is 0 Å². The highest BCUT2D eigenvalue weighted by atomic mass is 16.5. The van der Waals surface area contributed by atoms with Crippen molar-refractivity contribution < 1.29 is 14.1 Å². The second-order valence-electron chi connectivity index (χ2n) is 9.42. The summed E-state index contributed by atoms with van der Waals surface area (Å²) in [6.07, 6.45) is 13.2. The minimum atomic E-state index is -0.0181. The molecule has 3 aliphatic heterocycles. The first-order valence-electron chi connectivity index (χ1n) is 11.2. The Hall–Kier alpha value is -1.85. The SMILES string of the molecule is O=C(c1ccon1)N1C[C@H]2C[C@@H](C1)[C@H](CC1CCCCC1)N1C(=O)CCC[C@@H]21. The summed E-state index contributed by atoms with van der Waals surface area (Å²) in [4.78, 5) is 30.2. The Morgan fingerprint density at radius 2 is 1.93 bits per heavy atom. The van der Waals surface area contributed by atoms with Crippen molar-refractivity contribution >= 4 is 11.8 Å². The van der Waals surface area contributed by atoms with Crippen LogP contribution in [0.1, 0.15) is 74.7 Å². The molecule has 0 unspecified atom stereocenters. The monoisotopic (exact) mass is 385 g/mol. The molecule has 5 rings (SSSR count). The normalized spacial score (nSPS) is 33.6. The van der Waals surface area contributed by atoms with E-state index in [-0.39, 0.29) is 5.91 Å². The number of carbonyl (C=O) groups is 2. The summed E-state index contributed by atoms with van der Waals surface area (Å²) in [7, 11) is 0. The molecular weight excluding hydrogens is 354 g/mol. The Bertz CT molecular complexity index is 713. The fourth-order valence-corrected chi connectivity index (χ4v) is 6.49. The highest BCUT2D eigenvalue weighted by Crippen LogP contribution is 2.44. The van der Waals surface area contributed by atoms with Crippen LogP contribution in [0.25, 0.3) is 0 Å². The fraction of sp³-hybridized carbons (Fsp3) is 0.773. The minimum absolute atomic E-state index is 0.0181. The van der Waals surface area contributed by atoms with Crippen molar-refractivity contribution in [1.29, 1.82) is 0 Å². The van der Waals surface area contributed by atoms with E-state index in [0.717, 1.165) is 44.7 Å². The van der Waals surface area contributed by atoms with Crippen molar-refractivity contribution in [1.82, 2.24) is 15.0 Å². The van der Waals surface area contributed by atoms with E-state index in [4.69, 9.17) is 4.52 Å². The summed E-state index contributed by atoms with van der Waals surface area (Å²) in [5.74, 6) is 1.89. The molecule has 4 heterocycles. The molecule has 2 amide bonds. The van der Waals surface area contributed by atoms with Crippen molar-refractivity contribution in [2.45, 2.75) is 76.3 Å². The van der Waals surface area contributed by atoms with Crippen molar-refractivity contribution in [3.8, 4) is 0 Å². The highest BCUT2D eigenvalue weighted by Gasteiger charge is 2.50. The van der Waals surface area contributed by atoms with Crippen molar-refractivity contribution in [2.24, 2.45) is 17.8 Å². The Labute approximate surface area is 166 Å². The third-order valence-electron chi connectivity index (χ3n) is 7.74. The first-order chi connectivity index (χ1) is 13.7. The lowest BCUT2D eigenvalue weighted by atomic mass is 9.69. The molecule has 1 aromatic heterocycles. The van der Waals surface area contributed by atoms with E-state index in [2.05, 4.69) is 10.1 Å². The van der Waals surface area contributed by atoms with Gasteiger partial charge in [0.25, 0.3) is 5.91 Å². The average molecular weight is 386 g/mol. The first kappa shape index (κ1) is 18.2. The van der Waals surface area contributed by atoms with Crippen molar-refractivity contribution in [3.05, 3.63) is 18.0 Å². The van der Waals surface area contributed by atoms with Gasteiger partial charge in [0.1, 0.15) is 6.26 Å². The minimum Gasteiger partial charge on any atom is -0.364 e. The molecule has 4 atom stereocenters. The number of hydrogen-bond acceptors (Lipinski definition) is 4. The Kier molecular flexibility index (Phi) is 4.89. The summed E-state index contributed by atoms with van der Waals surface area (Å²) >= 11 is 0. The zero-order chi connectivity index (χ0) is 19.1. The number of aromatic nitrogens is 1. The van der Waals surface area contributed by atoms with E-state index in [1.54, 1.807) is 6.07 Å². The molecule has 6 nitrogen and oxygen atoms in total. The summed E-state index contributed by atoms with van der Waals surface area (Å²) < 4.78 is 4.89. The van der Waals surface area contributed by atoms with Gasteiger partial charge in [-0.1, -0.05) is 37.3 Å². The molecule has 28 heavy (non-hydrogen) atoms. The molecule has 0 radical (unpaired) electrons. The Morgan fingerprint density at radius 1 is 1.11 bits per heavy atom. The van der Waals surface area contributed by atoms with Gasteiger partial charge in [-0.2, -0.15) is 0 Å². The van der Waals surface area contributed by atoms with Crippen LogP contribution < -0.4 is 0 Å². The number of piperidine rings is 3. The van der Waals surface area contributed by atoms with Gasteiger partial charge in [0, 0.05) is 37.7 Å². The number of nitrogens with zero attached hydrogens (tertiary/aromatic N) is 3. The number of fused-ring (bicyclic) bond motifs is 4. The molecule has 4 fully saturated rings. The Balaban J connectivity index is 1.40.